The molecule has 0 saturated heterocycles. The molecular weight excluding hydrogens is 1140 g/mol. The van der Waals surface area contributed by atoms with Gasteiger partial charge in [0, 0.05) is 43.6 Å². The van der Waals surface area contributed by atoms with E-state index in [9.17, 15) is 33.3 Å². The summed E-state index contributed by atoms with van der Waals surface area (Å²) in [6, 6.07) is 16.6. The summed E-state index contributed by atoms with van der Waals surface area (Å²) in [5.74, 6) is 4.31. The van der Waals surface area contributed by atoms with Crippen molar-refractivity contribution < 1.29 is 42.8 Å². The monoisotopic (exact) mass is 1290 g/mol. The molecule has 538 valence electrons. The molecule has 91 heavy (non-hydrogen) atoms. The van der Waals surface area contributed by atoms with Crippen LogP contribution in [0.15, 0.2) is 54.7 Å². The molecule has 3 aliphatic rings. The molecule has 1 heterocycles. The van der Waals surface area contributed by atoms with E-state index in [0.29, 0.717) is 65.3 Å². The van der Waals surface area contributed by atoms with E-state index in [1.54, 1.807) is 26.0 Å². The Balaban J connectivity index is -0.000000980. The Morgan fingerprint density at radius 2 is 0.967 bits per heavy atom. The second kappa shape index (κ2) is 39.5. The number of ether oxygens (including phenoxy) is 2. The highest BCUT2D eigenvalue weighted by molar-refractivity contribution is 5.68. The molecule has 0 aliphatic heterocycles. The maximum Gasteiger partial charge on any atom is 0.417 e. The fourth-order valence-electron chi connectivity index (χ4n) is 12.0. The lowest BCUT2D eigenvalue weighted by molar-refractivity contribution is -0.276. The van der Waals surface area contributed by atoms with E-state index >= 15 is 0 Å². The highest BCUT2D eigenvalue weighted by Gasteiger charge is 2.62. The molecule has 3 saturated carbocycles. The summed E-state index contributed by atoms with van der Waals surface area (Å²) < 4.78 is 49.0. The minimum absolute atomic E-state index is 0.116. The molecule has 11 heteroatoms. The van der Waals surface area contributed by atoms with E-state index < -0.39 is 23.3 Å². The van der Waals surface area contributed by atoms with Crippen LogP contribution < -0.4 is 0 Å². The molecule has 0 radical (unpaired) electrons. The molecule has 1 aromatic heterocycles. The first-order valence-electron chi connectivity index (χ1n) is 35.4. The number of aliphatic hydroxyl groups is 3. The number of amides is 1. The number of nitrogens with zero attached hydrogens (tertiary/aromatic N) is 2. The molecule has 0 bridgehead atoms. The fourth-order valence-corrected chi connectivity index (χ4v) is 12.0. The van der Waals surface area contributed by atoms with Crippen molar-refractivity contribution in [1.29, 1.82) is 0 Å². The first-order valence-corrected chi connectivity index (χ1v) is 35.4. The Kier molecular flexibility index (Phi) is 40.1. The second-order valence-corrected chi connectivity index (χ2v) is 36.0. The number of hydrogen-bond donors (Lipinski definition) is 3. The lowest BCUT2D eigenvalue weighted by atomic mass is 9.72. The number of aliphatic hydroxyl groups excluding tert-OH is 1. The summed E-state index contributed by atoms with van der Waals surface area (Å²) in [6.07, 6.45) is 8.79. The zero-order chi connectivity index (χ0) is 72.4. The van der Waals surface area contributed by atoms with E-state index in [2.05, 4.69) is 187 Å². The van der Waals surface area contributed by atoms with Gasteiger partial charge in [-0.1, -0.05) is 235 Å². The van der Waals surface area contributed by atoms with Gasteiger partial charge in [0.25, 0.3) is 0 Å². The van der Waals surface area contributed by atoms with Crippen LogP contribution >= 0.6 is 0 Å². The van der Waals surface area contributed by atoms with Gasteiger partial charge in [0.2, 0.25) is 0 Å². The van der Waals surface area contributed by atoms with Gasteiger partial charge in [-0.25, -0.2) is 4.79 Å². The van der Waals surface area contributed by atoms with Crippen molar-refractivity contribution in [2.24, 2.45) is 74.4 Å². The summed E-state index contributed by atoms with van der Waals surface area (Å²) in [6.45, 7) is 69.4. The van der Waals surface area contributed by atoms with Crippen molar-refractivity contribution >= 4 is 6.09 Å². The minimum atomic E-state index is -4.51. The predicted molar refractivity (Wildman–Crippen MR) is 387 cm³/mol. The van der Waals surface area contributed by atoms with Gasteiger partial charge in [-0.3, -0.25) is 4.98 Å². The van der Waals surface area contributed by atoms with Crippen LogP contribution in [0.2, 0.25) is 0 Å². The number of carbonyl (C=O) groups excluding carboxylic acids is 1. The predicted octanol–water partition coefficient (Wildman–Crippen LogP) is 23.2. The van der Waals surface area contributed by atoms with Gasteiger partial charge in [0.1, 0.15) is 0 Å². The number of aromatic nitrogens is 1. The molecule has 3 fully saturated rings. The van der Waals surface area contributed by atoms with Crippen LogP contribution in [-0.2, 0) is 20.3 Å². The first-order chi connectivity index (χ1) is 40.8. The molecule has 2 aromatic rings. The first kappa shape index (κ1) is 92.5. The van der Waals surface area contributed by atoms with E-state index in [1.165, 1.54) is 37.7 Å². The van der Waals surface area contributed by atoms with Gasteiger partial charge in [0.05, 0.1) is 18.3 Å². The Bertz CT molecular complexity index is 2100. The van der Waals surface area contributed by atoms with Crippen molar-refractivity contribution in [3.63, 3.8) is 0 Å². The standard InChI is InChI=1S/C13H23F3O.C11H24O.C11H20.C10H14.C9H13N.2C9H20O.C8H17NO2/c1-5-9(11(2,3)4)8-12(17,10-6-7-10)13(14,15)16;1-7-9(10(2,3)4)8-11(5,6)12;1-11(2,3)10(8-4-5-8)9-6-7-9;1-10(2,3)9-7-5-4-6-8-9;1-9(2,3)8-6-4-5-7-10-8;1-6-8(7-10-5)9(2,3)4;1-6-8(7(2)10)9(3,4)5;1-6-11-7(10)9(5)8(2,3)4/h9-10,17H,5-8H2,1-4H3;9,12H,7-8H2,1-6H3;8-10H,4-7H2,1-3H3;4-8H,1-3H3;4-7H,1-3H3;8H,6-7H2,1-5H3;7-8,10H,6H2,1-5H3;6H2,1-5H3. The van der Waals surface area contributed by atoms with Gasteiger partial charge >= 0.3 is 12.3 Å². The molecule has 6 unspecified atom stereocenters. The van der Waals surface area contributed by atoms with Crippen LogP contribution in [0.1, 0.15) is 310 Å². The summed E-state index contributed by atoms with van der Waals surface area (Å²) in [7, 11) is 3.51. The second-order valence-electron chi connectivity index (χ2n) is 36.0. The number of carbonyl (C=O) groups is 1. The normalized spacial score (nSPS) is 17.2. The molecule has 6 atom stereocenters. The summed E-state index contributed by atoms with van der Waals surface area (Å²) in [4.78, 5) is 16.9. The Morgan fingerprint density at radius 1 is 0.560 bits per heavy atom. The lowest BCUT2D eigenvalue weighted by Crippen LogP contribution is -2.49. The topological polar surface area (TPSA) is 112 Å². The molecule has 0 spiro atoms. The number of hydrogen-bond acceptors (Lipinski definition) is 7. The van der Waals surface area contributed by atoms with Gasteiger partial charge in [0.15, 0.2) is 5.60 Å². The Hall–Kier alpha value is -2.73. The maximum atomic E-state index is 13.0. The third kappa shape index (κ3) is 40.4. The quantitative estimate of drug-likeness (QED) is 0.163. The third-order valence-corrected chi connectivity index (χ3v) is 18.6. The summed E-state index contributed by atoms with van der Waals surface area (Å²) in [5, 5.41) is 29.1. The number of halogens is 3. The average Bonchev–Trinajstić information content (AvgIpc) is 1.21. The van der Waals surface area contributed by atoms with Gasteiger partial charge in [-0.2, -0.15) is 13.2 Å². The smallest absolute Gasteiger partial charge is 0.417 e. The van der Waals surface area contributed by atoms with E-state index in [4.69, 9.17) is 9.47 Å². The zero-order valence-electron chi connectivity index (χ0n) is 65.9. The van der Waals surface area contributed by atoms with Gasteiger partial charge in [-0.15, -0.1) is 0 Å². The SMILES string of the molecule is CC(C)(C)C(C1CC1)C1CC1.CC(C)(C)c1ccccc1.CC(C)(C)c1ccccn1.CCC(C(C)O)C(C)(C)C.CCC(CC(C)(C)O)C(C)(C)C.CCC(CC(O)(C1CC1)C(F)(F)F)C(C)(C)C.CCC(COC)C(C)(C)C.CCOC(=O)N(C)C(C)(C)C. The third-order valence-electron chi connectivity index (χ3n) is 18.6. The van der Waals surface area contributed by atoms with Crippen molar-refractivity contribution in [3.8, 4) is 0 Å². The summed E-state index contributed by atoms with van der Waals surface area (Å²) in [5.41, 5.74) is 1.20. The average molecular weight is 1290 g/mol. The minimum Gasteiger partial charge on any atom is -0.450 e. The Morgan fingerprint density at radius 3 is 1.15 bits per heavy atom. The lowest BCUT2D eigenvalue weighted by Gasteiger charge is -2.39. The van der Waals surface area contributed by atoms with Gasteiger partial charge < -0.3 is 29.7 Å². The van der Waals surface area contributed by atoms with E-state index in [1.807, 2.05) is 87.6 Å². The van der Waals surface area contributed by atoms with Crippen molar-refractivity contribution in [3.05, 3.63) is 66.0 Å². The zero-order valence-corrected chi connectivity index (χ0v) is 65.9. The van der Waals surface area contributed by atoms with Crippen molar-refractivity contribution in [2.45, 2.75) is 338 Å². The van der Waals surface area contributed by atoms with Crippen LogP contribution in [0, 0.1) is 74.4 Å². The highest BCUT2D eigenvalue weighted by Crippen LogP contribution is 2.56. The van der Waals surface area contributed by atoms with E-state index in [0.717, 1.165) is 49.3 Å². The fraction of sp³-hybridized carbons (Fsp3) is 0.850. The number of benzene rings is 1. The largest absolute Gasteiger partial charge is 0.450 e. The van der Waals surface area contributed by atoms with Crippen LogP contribution in [0.25, 0.3) is 0 Å². The van der Waals surface area contributed by atoms with E-state index in [-0.39, 0.29) is 46.3 Å². The number of alkyl halides is 3. The van der Waals surface area contributed by atoms with Crippen LogP contribution in [0.3, 0.4) is 0 Å². The number of methoxy groups -OCH3 is 1. The molecule has 3 aliphatic carbocycles. The molecule has 8 nitrogen and oxygen atoms in total. The molecule has 3 N–H and O–H groups in total. The number of pyridine rings is 1. The summed E-state index contributed by atoms with van der Waals surface area (Å²) >= 11 is 0. The Labute approximate surface area is 562 Å². The van der Waals surface area contributed by atoms with Crippen LogP contribution in [-0.4, -0.2) is 87.7 Å². The highest BCUT2D eigenvalue weighted by atomic mass is 19.4. The van der Waals surface area contributed by atoms with Gasteiger partial charge in [-0.05, 0) is 197 Å². The van der Waals surface area contributed by atoms with Crippen molar-refractivity contribution in [1.82, 2.24) is 9.88 Å². The number of rotatable bonds is 15. The van der Waals surface area contributed by atoms with Crippen LogP contribution in [0.5, 0.6) is 0 Å². The molecule has 1 amide bonds. The maximum absolute atomic E-state index is 13.0. The molecular formula is C80H151F3N2O6. The molecule has 5 rings (SSSR count). The van der Waals surface area contributed by atoms with Crippen LogP contribution in [0.4, 0.5) is 18.0 Å². The molecule has 1 aromatic carbocycles. The van der Waals surface area contributed by atoms with Crippen molar-refractivity contribution in [2.75, 3.05) is 27.4 Å².